The molecule has 0 aliphatic heterocycles. The Labute approximate surface area is 125 Å². The number of nitrogens with two attached hydrogens (primary N) is 1. The molecule has 3 N–H and O–H groups in total. The Kier molecular flexibility index (Phi) is 7.79. The molecule has 4 heteroatoms. The number of aliphatic carboxylic acids is 1. The topological polar surface area (TPSA) is 72.5 Å². The fourth-order valence-corrected chi connectivity index (χ4v) is 1.72. The van der Waals surface area contributed by atoms with Gasteiger partial charge in [-0.1, -0.05) is 60.7 Å². The van der Waals surface area contributed by atoms with Crippen LogP contribution >= 0.6 is 0 Å². The number of carboxylic acid groups (broad SMARTS) is 1. The molecule has 1 atom stereocenters. The van der Waals surface area contributed by atoms with Crippen LogP contribution in [0, 0.1) is 0 Å². The van der Waals surface area contributed by atoms with Crippen LogP contribution in [0.4, 0.5) is 0 Å². The van der Waals surface area contributed by atoms with Gasteiger partial charge in [0.2, 0.25) is 0 Å². The first kappa shape index (κ1) is 16.9. The summed E-state index contributed by atoms with van der Waals surface area (Å²) in [5.41, 5.74) is 7.21. The van der Waals surface area contributed by atoms with E-state index in [0.717, 1.165) is 0 Å². The summed E-state index contributed by atoms with van der Waals surface area (Å²) in [4.78, 5) is 10.8. The Bertz CT molecular complexity index is 514. The van der Waals surface area contributed by atoms with Gasteiger partial charge in [0, 0.05) is 13.2 Å². The smallest absolute Gasteiger partial charge is 0.337 e. The Morgan fingerprint density at radius 3 is 2.00 bits per heavy atom. The van der Waals surface area contributed by atoms with E-state index in [1.54, 1.807) is 31.2 Å². The third-order valence-corrected chi connectivity index (χ3v) is 2.74. The average molecular weight is 287 g/mol. The van der Waals surface area contributed by atoms with Crippen LogP contribution in [0.5, 0.6) is 0 Å². The molecule has 0 saturated heterocycles. The van der Waals surface area contributed by atoms with E-state index in [1.807, 2.05) is 36.4 Å². The van der Waals surface area contributed by atoms with Crippen molar-refractivity contribution in [1.82, 2.24) is 0 Å². The van der Waals surface area contributed by atoms with Gasteiger partial charge in [-0.05, 0) is 18.1 Å². The minimum Gasteiger partial charge on any atom is -0.479 e. The maximum absolute atomic E-state index is 10.8. The molecular weight excluding hydrogens is 266 g/mol. The van der Waals surface area contributed by atoms with E-state index in [0.29, 0.717) is 18.7 Å². The molecule has 0 spiro atoms. The highest BCUT2D eigenvalue weighted by atomic mass is 16.5. The Hall–Kier alpha value is -2.17. The summed E-state index contributed by atoms with van der Waals surface area (Å²) in [6, 6.07) is 18.9. The second kappa shape index (κ2) is 9.69. The fourth-order valence-electron chi connectivity index (χ4n) is 1.72. The zero-order chi connectivity index (χ0) is 15.5. The summed E-state index contributed by atoms with van der Waals surface area (Å²) >= 11 is 0. The molecule has 21 heavy (non-hydrogen) atoms. The monoisotopic (exact) mass is 287 g/mol. The van der Waals surface area contributed by atoms with Gasteiger partial charge in [0.15, 0.2) is 6.10 Å². The predicted octanol–water partition coefficient (Wildman–Crippen LogP) is 2.99. The fraction of sp³-hybridized carbons (Fsp3) is 0.235. The van der Waals surface area contributed by atoms with Gasteiger partial charge in [-0.2, -0.15) is 0 Å². The molecule has 0 radical (unpaired) electrons. The third-order valence-electron chi connectivity index (χ3n) is 2.74. The summed E-state index contributed by atoms with van der Waals surface area (Å²) in [6.07, 6.45) is -0.841. The molecule has 0 aliphatic carbocycles. The molecule has 0 amide bonds. The van der Waals surface area contributed by atoms with Crippen LogP contribution in [0.25, 0.3) is 0 Å². The van der Waals surface area contributed by atoms with Crippen molar-refractivity contribution in [2.24, 2.45) is 5.73 Å². The highest BCUT2D eigenvalue weighted by Gasteiger charge is 2.18. The molecule has 0 saturated carbocycles. The number of benzene rings is 2. The lowest BCUT2D eigenvalue weighted by Gasteiger charge is -2.11. The molecule has 4 nitrogen and oxygen atoms in total. The summed E-state index contributed by atoms with van der Waals surface area (Å²) in [6.45, 7) is 2.81. The number of carboxylic acids is 1. The van der Waals surface area contributed by atoms with Gasteiger partial charge in [-0.15, -0.1) is 0 Å². The van der Waals surface area contributed by atoms with Crippen LogP contribution < -0.4 is 5.73 Å². The van der Waals surface area contributed by atoms with Crippen molar-refractivity contribution >= 4 is 5.97 Å². The quantitative estimate of drug-likeness (QED) is 0.886. The minimum absolute atomic E-state index is 0.395. The maximum Gasteiger partial charge on any atom is 0.337 e. The van der Waals surface area contributed by atoms with Crippen LogP contribution in [-0.2, 0) is 16.1 Å². The number of hydrogen-bond acceptors (Lipinski definition) is 3. The van der Waals surface area contributed by atoms with Crippen molar-refractivity contribution in [3.63, 3.8) is 0 Å². The zero-order valence-corrected chi connectivity index (χ0v) is 12.1. The summed E-state index contributed by atoms with van der Waals surface area (Å²) in [7, 11) is 0. The molecule has 112 valence electrons. The van der Waals surface area contributed by atoms with E-state index >= 15 is 0 Å². The minimum atomic E-state index is -0.951. The van der Waals surface area contributed by atoms with Crippen molar-refractivity contribution in [2.75, 3.05) is 6.61 Å². The van der Waals surface area contributed by atoms with Crippen molar-refractivity contribution in [3.05, 3.63) is 71.8 Å². The number of ether oxygens (including phenoxy) is 1. The normalized spacial score (nSPS) is 11.1. The standard InChI is InChI=1S/C10H12O3.C7H9N/c1-2-13-9(10(11)12)8-6-4-3-5-7-8;8-6-7-4-2-1-3-5-7/h3-7,9H,2H2,1H3,(H,11,12);1-5H,6,8H2. The van der Waals surface area contributed by atoms with Gasteiger partial charge < -0.3 is 15.6 Å². The molecule has 0 aliphatic rings. The molecule has 2 rings (SSSR count). The van der Waals surface area contributed by atoms with Crippen LogP contribution in [0.15, 0.2) is 60.7 Å². The molecule has 2 aromatic rings. The van der Waals surface area contributed by atoms with E-state index in [4.69, 9.17) is 15.6 Å². The summed E-state index contributed by atoms with van der Waals surface area (Å²) < 4.78 is 5.09. The lowest BCUT2D eigenvalue weighted by atomic mass is 10.1. The molecule has 2 aromatic carbocycles. The van der Waals surface area contributed by atoms with Gasteiger partial charge >= 0.3 is 5.97 Å². The van der Waals surface area contributed by atoms with Gasteiger partial charge in [0.25, 0.3) is 0 Å². The van der Waals surface area contributed by atoms with Gasteiger partial charge in [0.1, 0.15) is 0 Å². The second-order valence-corrected chi connectivity index (χ2v) is 4.27. The van der Waals surface area contributed by atoms with E-state index in [2.05, 4.69) is 0 Å². The predicted molar refractivity (Wildman–Crippen MR) is 82.8 cm³/mol. The maximum atomic E-state index is 10.8. The lowest BCUT2D eigenvalue weighted by molar-refractivity contribution is -0.150. The van der Waals surface area contributed by atoms with Crippen molar-refractivity contribution < 1.29 is 14.6 Å². The largest absolute Gasteiger partial charge is 0.479 e. The van der Waals surface area contributed by atoms with Crippen molar-refractivity contribution in [3.8, 4) is 0 Å². The number of carbonyl (C=O) groups is 1. The molecule has 0 aromatic heterocycles. The van der Waals surface area contributed by atoms with E-state index < -0.39 is 12.1 Å². The van der Waals surface area contributed by atoms with E-state index in [1.165, 1.54) is 5.56 Å². The molecule has 0 fully saturated rings. The first-order chi connectivity index (χ1) is 10.2. The third kappa shape index (κ3) is 6.21. The van der Waals surface area contributed by atoms with Gasteiger partial charge in [-0.25, -0.2) is 4.79 Å². The van der Waals surface area contributed by atoms with Crippen LogP contribution in [-0.4, -0.2) is 17.7 Å². The molecule has 1 unspecified atom stereocenters. The van der Waals surface area contributed by atoms with Crippen molar-refractivity contribution in [2.45, 2.75) is 19.6 Å². The Morgan fingerprint density at radius 2 is 1.62 bits per heavy atom. The van der Waals surface area contributed by atoms with Crippen LogP contribution in [0.3, 0.4) is 0 Å². The SMILES string of the molecule is CCOC(C(=O)O)c1ccccc1.NCc1ccccc1. The zero-order valence-electron chi connectivity index (χ0n) is 12.1. The number of hydrogen-bond donors (Lipinski definition) is 2. The summed E-state index contributed by atoms with van der Waals surface area (Å²) in [5.74, 6) is -0.951. The Morgan fingerprint density at radius 1 is 1.10 bits per heavy atom. The van der Waals surface area contributed by atoms with Crippen LogP contribution in [0.1, 0.15) is 24.2 Å². The highest BCUT2D eigenvalue weighted by molar-refractivity contribution is 5.74. The first-order valence-corrected chi connectivity index (χ1v) is 6.82. The van der Waals surface area contributed by atoms with E-state index in [9.17, 15) is 4.79 Å². The lowest BCUT2D eigenvalue weighted by Crippen LogP contribution is -2.14. The second-order valence-electron chi connectivity index (χ2n) is 4.27. The van der Waals surface area contributed by atoms with Gasteiger partial charge in [-0.3, -0.25) is 0 Å². The molecule has 0 heterocycles. The average Bonchev–Trinajstić information content (AvgIpc) is 2.54. The molecule has 0 bridgehead atoms. The number of rotatable bonds is 5. The van der Waals surface area contributed by atoms with Crippen molar-refractivity contribution in [1.29, 1.82) is 0 Å². The molecular formula is C17H21NO3. The first-order valence-electron chi connectivity index (χ1n) is 6.82. The Balaban J connectivity index is 0.000000235. The summed E-state index contributed by atoms with van der Waals surface area (Å²) in [5, 5.41) is 8.83. The van der Waals surface area contributed by atoms with Gasteiger partial charge in [0.05, 0.1) is 0 Å². The van der Waals surface area contributed by atoms with Crippen LogP contribution in [0.2, 0.25) is 0 Å². The highest BCUT2D eigenvalue weighted by Crippen LogP contribution is 2.16. The van der Waals surface area contributed by atoms with E-state index in [-0.39, 0.29) is 0 Å².